The third kappa shape index (κ3) is 4.25. The number of hydrogen-bond acceptors (Lipinski definition) is 3. The van der Waals surface area contributed by atoms with Gasteiger partial charge in [-0.25, -0.2) is 0 Å². The monoisotopic (exact) mass is 280 g/mol. The van der Waals surface area contributed by atoms with Gasteiger partial charge in [-0.2, -0.15) is 5.26 Å². The fourth-order valence-electron chi connectivity index (χ4n) is 1.85. The summed E-state index contributed by atoms with van der Waals surface area (Å²) in [4.78, 5) is 0. The summed E-state index contributed by atoms with van der Waals surface area (Å²) in [5.41, 5.74) is 0.797. The topological polar surface area (TPSA) is 45.0 Å². The molecule has 1 atom stereocenters. The largest absolute Gasteiger partial charge is 0.457 e. The van der Waals surface area contributed by atoms with Gasteiger partial charge >= 0.3 is 0 Å². The van der Waals surface area contributed by atoms with Crippen LogP contribution in [0.1, 0.15) is 20.8 Å². The van der Waals surface area contributed by atoms with Crippen LogP contribution in [0.25, 0.3) is 0 Å². The van der Waals surface area contributed by atoms with Gasteiger partial charge in [0, 0.05) is 5.69 Å². The zero-order valence-electron chi connectivity index (χ0n) is 12.6. The molecule has 3 heteroatoms. The number of benzene rings is 2. The molecule has 1 unspecified atom stereocenters. The normalized spacial score (nSPS) is 12.3. The summed E-state index contributed by atoms with van der Waals surface area (Å²) >= 11 is 0. The number of ether oxygens (including phenoxy) is 1. The zero-order chi connectivity index (χ0) is 15.3. The highest BCUT2D eigenvalue weighted by molar-refractivity contribution is 5.49. The van der Waals surface area contributed by atoms with Crippen LogP contribution in [0.4, 0.5) is 5.69 Å². The summed E-state index contributed by atoms with van der Waals surface area (Å²) < 4.78 is 5.74. The van der Waals surface area contributed by atoms with Crippen molar-refractivity contribution in [3.63, 3.8) is 0 Å². The smallest absolute Gasteiger partial charge is 0.127 e. The number of rotatable bonds is 4. The van der Waals surface area contributed by atoms with Gasteiger partial charge in [0.15, 0.2) is 0 Å². The Hall–Kier alpha value is -2.47. The van der Waals surface area contributed by atoms with Gasteiger partial charge in [0.25, 0.3) is 0 Å². The van der Waals surface area contributed by atoms with E-state index in [4.69, 9.17) is 4.74 Å². The number of hydrogen-bond donors (Lipinski definition) is 1. The third-order valence-electron chi connectivity index (χ3n) is 3.14. The van der Waals surface area contributed by atoms with E-state index in [2.05, 4.69) is 11.4 Å². The standard InChI is InChI=1S/C18H20N2O/c1-18(2,3)17(13-19)20-14-9-11-16(12-10-14)21-15-7-5-4-6-8-15/h4-12,17,20H,1-3H3. The van der Waals surface area contributed by atoms with Crippen LogP contribution < -0.4 is 10.1 Å². The Labute approximate surface area is 126 Å². The lowest BCUT2D eigenvalue weighted by Crippen LogP contribution is -2.32. The Kier molecular flexibility index (Phi) is 4.49. The van der Waals surface area contributed by atoms with E-state index in [1.54, 1.807) is 0 Å². The van der Waals surface area contributed by atoms with Crippen LogP contribution in [0.3, 0.4) is 0 Å². The first-order valence-electron chi connectivity index (χ1n) is 6.98. The molecule has 0 radical (unpaired) electrons. The minimum atomic E-state index is -0.238. The van der Waals surface area contributed by atoms with E-state index < -0.39 is 0 Å². The fourth-order valence-corrected chi connectivity index (χ4v) is 1.85. The van der Waals surface area contributed by atoms with E-state index in [0.717, 1.165) is 17.2 Å². The van der Waals surface area contributed by atoms with Crippen molar-refractivity contribution in [3.05, 3.63) is 54.6 Å². The molecular formula is C18H20N2O. The predicted octanol–water partition coefficient (Wildman–Crippen LogP) is 4.83. The maximum Gasteiger partial charge on any atom is 0.127 e. The summed E-state index contributed by atoms with van der Waals surface area (Å²) in [6.45, 7) is 6.13. The maximum absolute atomic E-state index is 9.24. The number of nitrogens with one attached hydrogen (secondary N) is 1. The number of anilines is 1. The molecule has 2 rings (SSSR count). The van der Waals surface area contributed by atoms with Crippen molar-refractivity contribution in [1.29, 1.82) is 5.26 Å². The van der Waals surface area contributed by atoms with Gasteiger partial charge in [-0.3, -0.25) is 0 Å². The molecule has 0 saturated heterocycles. The van der Waals surface area contributed by atoms with Crippen molar-refractivity contribution in [2.24, 2.45) is 5.41 Å². The quantitative estimate of drug-likeness (QED) is 0.872. The van der Waals surface area contributed by atoms with E-state index >= 15 is 0 Å². The molecule has 0 heterocycles. The lowest BCUT2D eigenvalue weighted by atomic mass is 9.87. The number of nitriles is 1. The average molecular weight is 280 g/mol. The third-order valence-corrected chi connectivity index (χ3v) is 3.14. The average Bonchev–Trinajstić information content (AvgIpc) is 2.46. The second kappa shape index (κ2) is 6.32. The molecule has 0 spiro atoms. The van der Waals surface area contributed by atoms with Crippen molar-refractivity contribution in [1.82, 2.24) is 0 Å². The lowest BCUT2D eigenvalue weighted by molar-refractivity contribution is 0.390. The first kappa shape index (κ1) is 14.9. The molecule has 0 aliphatic carbocycles. The van der Waals surface area contributed by atoms with Crippen LogP contribution >= 0.6 is 0 Å². The van der Waals surface area contributed by atoms with Gasteiger partial charge < -0.3 is 10.1 Å². The van der Waals surface area contributed by atoms with E-state index in [-0.39, 0.29) is 11.5 Å². The molecule has 0 aliphatic rings. The SMILES string of the molecule is CC(C)(C)C(C#N)Nc1ccc(Oc2ccccc2)cc1. The summed E-state index contributed by atoms with van der Waals surface area (Å²) in [7, 11) is 0. The van der Waals surface area contributed by atoms with Gasteiger partial charge in [0.05, 0.1) is 6.07 Å². The van der Waals surface area contributed by atoms with Crippen molar-refractivity contribution in [2.45, 2.75) is 26.8 Å². The van der Waals surface area contributed by atoms with Crippen molar-refractivity contribution >= 4 is 5.69 Å². The summed E-state index contributed by atoms with van der Waals surface area (Å²) in [5, 5.41) is 12.5. The fraction of sp³-hybridized carbons (Fsp3) is 0.278. The number of para-hydroxylation sites is 1. The van der Waals surface area contributed by atoms with Crippen molar-refractivity contribution in [2.75, 3.05) is 5.32 Å². The van der Waals surface area contributed by atoms with Gasteiger partial charge in [-0.05, 0) is 41.8 Å². The lowest BCUT2D eigenvalue weighted by Gasteiger charge is -2.26. The predicted molar refractivity (Wildman–Crippen MR) is 85.4 cm³/mol. The molecule has 2 aromatic carbocycles. The minimum Gasteiger partial charge on any atom is -0.457 e. The number of nitrogens with zero attached hydrogens (tertiary/aromatic N) is 1. The van der Waals surface area contributed by atoms with Crippen LogP contribution in [0.15, 0.2) is 54.6 Å². The van der Waals surface area contributed by atoms with Gasteiger partial charge in [-0.1, -0.05) is 39.0 Å². The summed E-state index contributed by atoms with van der Waals surface area (Å²) in [5.74, 6) is 1.58. The Morgan fingerprint density at radius 2 is 1.52 bits per heavy atom. The molecule has 1 N–H and O–H groups in total. The molecule has 21 heavy (non-hydrogen) atoms. The first-order chi connectivity index (χ1) is 9.99. The zero-order valence-corrected chi connectivity index (χ0v) is 12.6. The molecule has 0 amide bonds. The second-order valence-corrected chi connectivity index (χ2v) is 6.01. The van der Waals surface area contributed by atoms with Gasteiger partial charge in [0.1, 0.15) is 17.5 Å². The molecule has 0 fully saturated rings. The van der Waals surface area contributed by atoms with Crippen molar-refractivity contribution in [3.8, 4) is 17.6 Å². The molecule has 0 aliphatic heterocycles. The van der Waals surface area contributed by atoms with Crippen molar-refractivity contribution < 1.29 is 4.74 Å². The van der Waals surface area contributed by atoms with Crippen LogP contribution in [-0.4, -0.2) is 6.04 Å². The molecule has 2 aromatic rings. The first-order valence-corrected chi connectivity index (χ1v) is 6.98. The Morgan fingerprint density at radius 1 is 0.952 bits per heavy atom. The molecule has 0 aromatic heterocycles. The molecule has 108 valence electrons. The van der Waals surface area contributed by atoms with Gasteiger partial charge in [0.2, 0.25) is 0 Å². The molecule has 0 bridgehead atoms. The van der Waals surface area contributed by atoms with Crippen LogP contribution in [0.2, 0.25) is 0 Å². The highest BCUT2D eigenvalue weighted by atomic mass is 16.5. The van der Waals surface area contributed by atoms with E-state index in [0.29, 0.717) is 0 Å². The van der Waals surface area contributed by atoms with E-state index in [1.807, 2.05) is 75.4 Å². The van der Waals surface area contributed by atoms with Crippen LogP contribution in [0, 0.1) is 16.7 Å². The molecule has 0 saturated carbocycles. The molecular weight excluding hydrogens is 260 g/mol. The second-order valence-electron chi connectivity index (χ2n) is 6.01. The van der Waals surface area contributed by atoms with E-state index in [9.17, 15) is 5.26 Å². The summed E-state index contributed by atoms with van der Waals surface area (Å²) in [6, 6.07) is 19.4. The Bertz CT molecular complexity index is 606. The summed E-state index contributed by atoms with van der Waals surface area (Å²) in [6.07, 6.45) is 0. The van der Waals surface area contributed by atoms with Gasteiger partial charge in [-0.15, -0.1) is 0 Å². The Morgan fingerprint density at radius 3 is 2.05 bits per heavy atom. The highest BCUT2D eigenvalue weighted by Crippen LogP contribution is 2.26. The highest BCUT2D eigenvalue weighted by Gasteiger charge is 2.23. The minimum absolute atomic E-state index is 0.117. The van der Waals surface area contributed by atoms with E-state index in [1.165, 1.54) is 0 Å². The Balaban J connectivity index is 2.04. The maximum atomic E-state index is 9.24. The van der Waals surface area contributed by atoms with Crippen LogP contribution in [-0.2, 0) is 0 Å². The van der Waals surface area contributed by atoms with Crippen LogP contribution in [0.5, 0.6) is 11.5 Å². The molecule has 3 nitrogen and oxygen atoms in total.